The van der Waals surface area contributed by atoms with Gasteiger partial charge in [-0.15, -0.1) is 24.8 Å². The lowest BCUT2D eigenvalue weighted by atomic mass is 10.1. The molecule has 1 aromatic heterocycles. The molecule has 1 amide bonds. The van der Waals surface area contributed by atoms with E-state index < -0.39 is 0 Å². The molecular formula is C15H21Cl2N3O. The van der Waals surface area contributed by atoms with Crippen LogP contribution in [0.4, 0.5) is 0 Å². The quantitative estimate of drug-likeness (QED) is 0.829. The first-order valence-electron chi connectivity index (χ1n) is 6.57. The monoisotopic (exact) mass is 329 g/mol. The maximum absolute atomic E-state index is 12.2. The van der Waals surface area contributed by atoms with E-state index in [1.54, 1.807) is 0 Å². The summed E-state index contributed by atoms with van der Waals surface area (Å²) in [5, 5.41) is 7.00. The summed E-state index contributed by atoms with van der Waals surface area (Å²) in [7, 11) is 0. The maximum Gasteiger partial charge on any atom is 0.252 e. The molecule has 0 aliphatic heterocycles. The van der Waals surface area contributed by atoms with Crippen molar-refractivity contribution in [2.24, 2.45) is 0 Å². The third-order valence-electron chi connectivity index (χ3n) is 2.93. The van der Waals surface area contributed by atoms with Gasteiger partial charge in [-0.05, 0) is 25.6 Å². The van der Waals surface area contributed by atoms with Crippen LogP contribution in [0.25, 0.3) is 10.9 Å². The lowest BCUT2D eigenvalue weighted by molar-refractivity contribution is 0.0955. The fourth-order valence-corrected chi connectivity index (χ4v) is 2.03. The van der Waals surface area contributed by atoms with Crippen LogP contribution in [0.2, 0.25) is 0 Å². The summed E-state index contributed by atoms with van der Waals surface area (Å²) in [6.07, 6.45) is 0. The number of hydrogen-bond donors (Lipinski definition) is 2. The summed E-state index contributed by atoms with van der Waals surface area (Å²) in [4.78, 5) is 16.6. The lowest BCUT2D eigenvalue weighted by Gasteiger charge is -2.09. The molecule has 0 fully saturated rings. The van der Waals surface area contributed by atoms with Crippen LogP contribution in [0.15, 0.2) is 30.3 Å². The second-order valence-electron chi connectivity index (χ2n) is 4.44. The zero-order chi connectivity index (χ0) is 13.7. The maximum atomic E-state index is 12.2. The van der Waals surface area contributed by atoms with Crippen LogP contribution in [0.5, 0.6) is 0 Å². The summed E-state index contributed by atoms with van der Waals surface area (Å²) in [5.41, 5.74) is 2.41. The molecule has 1 heterocycles. The summed E-state index contributed by atoms with van der Waals surface area (Å²) >= 11 is 0. The van der Waals surface area contributed by atoms with Gasteiger partial charge in [0.1, 0.15) is 0 Å². The van der Waals surface area contributed by atoms with Gasteiger partial charge in [-0.2, -0.15) is 0 Å². The van der Waals surface area contributed by atoms with Crippen molar-refractivity contribution in [1.29, 1.82) is 0 Å². The number of likely N-dealkylation sites (N-methyl/N-ethyl adjacent to an activating group) is 1. The van der Waals surface area contributed by atoms with Crippen molar-refractivity contribution in [2.75, 3.05) is 19.6 Å². The van der Waals surface area contributed by atoms with E-state index in [1.807, 2.05) is 44.2 Å². The molecule has 0 spiro atoms. The molecule has 0 aliphatic rings. The number of aromatic nitrogens is 1. The normalized spacial score (nSPS) is 9.62. The number of nitrogens with zero attached hydrogens (tertiary/aromatic N) is 1. The number of nitrogens with one attached hydrogen (secondary N) is 2. The standard InChI is InChI=1S/C15H19N3O.2ClH/c1-3-16-8-9-17-15(19)13-10-11(2)18-14-7-5-4-6-12(13)14;;/h4-7,10,16H,3,8-9H2,1-2H3,(H,17,19);2*1H. The summed E-state index contributed by atoms with van der Waals surface area (Å²) in [6, 6.07) is 9.56. The van der Waals surface area contributed by atoms with Crippen molar-refractivity contribution in [1.82, 2.24) is 15.6 Å². The Hall–Kier alpha value is -1.36. The molecule has 0 atom stereocenters. The average molecular weight is 330 g/mol. The zero-order valence-electron chi connectivity index (χ0n) is 12.2. The number of pyridine rings is 1. The SMILES string of the molecule is CCNCCNC(=O)c1cc(C)nc2ccccc12.Cl.Cl. The van der Waals surface area contributed by atoms with Crippen LogP contribution in [0.1, 0.15) is 23.0 Å². The van der Waals surface area contributed by atoms with Crippen molar-refractivity contribution in [2.45, 2.75) is 13.8 Å². The molecule has 0 saturated carbocycles. The highest BCUT2D eigenvalue weighted by Gasteiger charge is 2.10. The Morgan fingerprint density at radius 3 is 2.62 bits per heavy atom. The van der Waals surface area contributed by atoms with Gasteiger partial charge < -0.3 is 10.6 Å². The van der Waals surface area contributed by atoms with Crippen LogP contribution in [0.3, 0.4) is 0 Å². The highest BCUT2D eigenvalue weighted by atomic mass is 35.5. The van der Waals surface area contributed by atoms with Crippen molar-refractivity contribution in [3.05, 3.63) is 41.6 Å². The molecule has 2 N–H and O–H groups in total. The molecule has 0 aliphatic carbocycles. The zero-order valence-corrected chi connectivity index (χ0v) is 13.8. The fraction of sp³-hybridized carbons (Fsp3) is 0.333. The number of benzene rings is 1. The Balaban J connectivity index is 0.00000200. The third kappa shape index (κ3) is 5.16. The molecule has 21 heavy (non-hydrogen) atoms. The van der Waals surface area contributed by atoms with E-state index in [2.05, 4.69) is 15.6 Å². The Morgan fingerprint density at radius 2 is 1.90 bits per heavy atom. The molecule has 116 valence electrons. The molecule has 4 nitrogen and oxygen atoms in total. The van der Waals surface area contributed by atoms with Crippen molar-refractivity contribution in [3.63, 3.8) is 0 Å². The van der Waals surface area contributed by atoms with E-state index in [0.717, 1.165) is 29.7 Å². The van der Waals surface area contributed by atoms with E-state index in [-0.39, 0.29) is 30.7 Å². The van der Waals surface area contributed by atoms with Gasteiger partial charge in [0.2, 0.25) is 0 Å². The van der Waals surface area contributed by atoms with Gasteiger partial charge in [0, 0.05) is 24.2 Å². The minimum atomic E-state index is -0.0420. The second kappa shape index (κ2) is 9.55. The van der Waals surface area contributed by atoms with Gasteiger partial charge in [-0.1, -0.05) is 25.1 Å². The highest BCUT2D eigenvalue weighted by Crippen LogP contribution is 2.17. The predicted octanol–water partition coefficient (Wildman–Crippen LogP) is 2.73. The average Bonchev–Trinajstić information content (AvgIpc) is 2.42. The largest absolute Gasteiger partial charge is 0.351 e. The molecule has 0 saturated heterocycles. The Kier molecular flexibility index (Phi) is 8.93. The number of halogens is 2. The van der Waals surface area contributed by atoms with E-state index in [1.165, 1.54) is 0 Å². The molecular weight excluding hydrogens is 309 g/mol. The Morgan fingerprint density at radius 1 is 1.19 bits per heavy atom. The minimum absolute atomic E-state index is 0. The number of rotatable bonds is 5. The van der Waals surface area contributed by atoms with E-state index in [9.17, 15) is 4.79 Å². The van der Waals surface area contributed by atoms with Gasteiger partial charge in [-0.3, -0.25) is 9.78 Å². The first kappa shape index (κ1) is 19.6. The third-order valence-corrected chi connectivity index (χ3v) is 2.93. The summed E-state index contributed by atoms with van der Waals surface area (Å²) in [6.45, 7) is 6.27. The molecule has 2 rings (SSSR count). The molecule has 0 radical (unpaired) electrons. The smallest absolute Gasteiger partial charge is 0.252 e. The number of carbonyl (C=O) groups excluding carboxylic acids is 1. The number of para-hydroxylation sites is 1. The summed E-state index contributed by atoms with van der Waals surface area (Å²) < 4.78 is 0. The predicted molar refractivity (Wildman–Crippen MR) is 91.9 cm³/mol. The van der Waals surface area contributed by atoms with Gasteiger partial charge in [-0.25, -0.2) is 0 Å². The van der Waals surface area contributed by atoms with Crippen LogP contribution < -0.4 is 10.6 Å². The van der Waals surface area contributed by atoms with E-state index >= 15 is 0 Å². The second-order valence-corrected chi connectivity index (χ2v) is 4.44. The summed E-state index contributed by atoms with van der Waals surface area (Å²) in [5.74, 6) is -0.0420. The Bertz CT molecular complexity index is 590. The number of amides is 1. The van der Waals surface area contributed by atoms with Gasteiger partial charge in [0.25, 0.3) is 5.91 Å². The topological polar surface area (TPSA) is 54.0 Å². The number of carbonyl (C=O) groups is 1. The molecule has 6 heteroatoms. The van der Waals surface area contributed by atoms with Gasteiger partial charge >= 0.3 is 0 Å². The van der Waals surface area contributed by atoms with Crippen molar-refractivity contribution in [3.8, 4) is 0 Å². The Labute approximate surface area is 137 Å². The molecule has 0 unspecified atom stereocenters. The highest BCUT2D eigenvalue weighted by molar-refractivity contribution is 6.06. The van der Waals surface area contributed by atoms with Crippen LogP contribution >= 0.6 is 24.8 Å². The first-order valence-corrected chi connectivity index (χ1v) is 6.57. The van der Waals surface area contributed by atoms with Crippen LogP contribution in [-0.2, 0) is 0 Å². The number of fused-ring (bicyclic) bond motifs is 1. The van der Waals surface area contributed by atoms with Crippen molar-refractivity contribution >= 4 is 41.6 Å². The molecule has 2 aromatic rings. The van der Waals surface area contributed by atoms with E-state index in [4.69, 9.17) is 0 Å². The fourth-order valence-electron chi connectivity index (χ4n) is 2.03. The first-order chi connectivity index (χ1) is 9.22. The van der Waals surface area contributed by atoms with Crippen LogP contribution in [0, 0.1) is 6.92 Å². The number of hydrogen-bond acceptors (Lipinski definition) is 3. The van der Waals surface area contributed by atoms with Crippen molar-refractivity contribution < 1.29 is 4.79 Å². The van der Waals surface area contributed by atoms with E-state index in [0.29, 0.717) is 12.1 Å². The molecule has 0 bridgehead atoms. The van der Waals surface area contributed by atoms with Crippen LogP contribution in [-0.4, -0.2) is 30.5 Å². The minimum Gasteiger partial charge on any atom is -0.351 e. The lowest BCUT2D eigenvalue weighted by Crippen LogP contribution is -2.31. The van der Waals surface area contributed by atoms with Gasteiger partial charge in [0.05, 0.1) is 11.1 Å². The molecule has 1 aromatic carbocycles. The van der Waals surface area contributed by atoms with Gasteiger partial charge in [0.15, 0.2) is 0 Å². The number of aryl methyl sites for hydroxylation is 1.